The zero-order valence-corrected chi connectivity index (χ0v) is 13.3. The second-order valence-corrected chi connectivity index (χ2v) is 5.87. The van der Waals surface area contributed by atoms with E-state index >= 15 is 0 Å². The number of nitrogens with zero attached hydrogens (tertiary/aromatic N) is 3. The third-order valence-electron chi connectivity index (χ3n) is 3.91. The highest BCUT2D eigenvalue weighted by Gasteiger charge is 2.22. The average Bonchev–Trinajstić information content (AvgIpc) is 3.45. The van der Waals surface area contributed by atoms with E-state index in [4.69, 9.17) is 5.26 Å². The molecule has 2 N–H and O–H groups in total. The summed E-state index contributed by atoms with van der Waals surface area (Å²) < 4.78 is 0. The third kappa shape index (κ3) is 4.53. The third-order valence-corrected chi connectivity index (χ3v) is 3.91. The molecule has 1 fully saturated rings. The van der Waals surface area contributed by atoms with Crippen LogP contribution in [0.4, 0.5) is 5.82 Å². The zero-order valence-electron chi connectivity index (χ0n) is 13.3. The maximum atomic E-state index is 11.9. The molecule has 3 rings (SSSR count). The minimum Gasteiger partial charge on any atom is -0.367 e. The van der Waals surface area contributed by atoms with Gasteiger partial charge in [0.2, 0.25) is 5.91 Å². The summed E-state index contributed by atoms with van der Waals surface area (Å²) in [6, 6.07) is 10.3. The Morgan fingerprint density at radius 2 is 1.96 bits per heavy atom. The molecule has 1 aromatic heterocycles. The SMILES string of the molecule is N#Cc1cnc(NCCNC(=O)Cc2ccc(C3CC3)cc2)cn1. The summed E-state index contributed by atoms with van der Waals surface area (Å²) in [5.74, 6) is 1.32. The molecule has 1 saturated carbocycles. The normalized spacial score (nSPS) is 13.1. The Kier molecular flexibility index (Phi) is 5.02. The number of rotatable bonds is 7. The van der Waals surface area contributed by atoms with Crippen LogP contribution < -0.4 is 10.6 Å². The quantitative estimate of drug-likeness (QED) is 0.761. The van der Waals surface area contributed by atoms with Gasteiger partial charge in [-0.2, -0.15) is 5.26 Å². The molecule has 122 valence electrons. The number of aromatic nitrogens is 2. The highest BCUT2D eigenvalue weighted by molar-refractivity contribution is 5.78. The van der Waals surface area contributed by atoms with Crippen molar-refractivity contribution in [3.8, 4) is 6.07 Å². The van der Waals surface area contributed by atoms with E-state index in [9.17, 15) is 4.79 Å². The monoisotopic (exact) mass is 321 g/mol. The van der Waals surface area contributed by atoms with Gasteiger partial charge in [0.05, 0.1) is 18.8 Å². The van der Waals surface area contributed by atoms with Crippen LogP contribution in [0.15, 0.2) is 36.7 Å². The molecule has 0 saturated heterocycles. The van der Waals surface area contributed by atoms with Gasteiger partial charge in [-0.3, -0.25) is 4.79 Å². The molecule has 0 bridgehead atoms. The van der Waals surface area contributed by atoms with Gasteiger partial charge < -0.3 is 10.6 Å². The smallest absolute Gasteiger partial charge is 0.224 e. The van der Waals surface area contributed by atoms with E-state index in [2.05, 4.69) is 32.7 Å². The first kappa shape index (κ1) is 15.9. The lowest BCUT2D eigenvalue weighted by Crippen LogP contribution is -2.30. The van der Waals surface area contributed by atoms with Crippen molar-refractivity contribution < 1.29 is 4.79 Å². The molecule has 1 heterocycles. The first-order chi connectivity index (χ1) is 11.7. The number of carbonyl (C=O) groups is 1. The van der Waals surface area contributed by atoms with Gasteiger partial charge in [0.25, 0.3) is 0 Å². The first-order valence-corrected chi connectivity index (χ1v) is 8.06. The maximum absolute atomic E-state index is 11.9. The lowest BCUT2D eigenvalue weighted by Gasteiger charge is -2.07. The van der Waals surface area contributed by atoms with Gasteiger partial charge in [-0.15, -0.1) is 0 Å². The molecule has 0 unspecified atom stereocenters. The highest BCUT2D eigenvalue weighted by Crippen LogP contribution is 2.39. The number of carbonyl (C=O) groups excluding carboxylic acids is 1. The zero-order chi connectivity index (χ0) is 16.8. The van der Waals surface area contributed by atoms with E-state index in [1.54, 1.807) is 0 Å². The Morgan fingerprint density at radius 3 is 2.58 bits per heavy atom. The van der Waals surface area contributed by atoms with Gasteiger partial charge in [0.15, 0.2) is 5.69 Å². The van der Waals surface area contributed by atoms with Crippen LogP contribution in [0.25, 0.3) is 0 Å². The maximum Gasteiger partial charge on any atom is 0.224 e. The molecule has 1 aliphatic carbocycles. The van der Waals surface area contributed by atoms with Gasteiger partial charge >= 0.3 is 0 Å². The van der Waals surface area contributed by atoms with Crippen molar-refractivity contribution in [2.75, 3.05) is 18.4 Å². The summed E-state index contributed by atoms with van der Waals surface area (Å²) in [5, 5.41) is 14.6. The number of nitriles is 1. The molecule has 0 radical (unpaired) electrons. The van der Waals surface area contributed by atoms with Gasteiger partial charge in [0.1, 0.15) is 11.9 Å². The van der Waals surface area contributed by atoms with Crippen LogP contribution in [0, 0.1) is 11.3 Å². The molecule has 0 atom stereocenters. The van der Waals surface area contributed by atoms with Gasteiger partial charge in [-0.25, -0.2) is 9.97 Å². The number of anilines is 1. The lowest BCUT2D eigenvalue weighted by molar-refractivity contribution is -0.120. The van der Waals surface area contributed by atoms with Crippen molar-refractivity contribution in [3.63, 3.8) is 0 Å². The van der Waals surface area contributed by atoms with Crippen molar-refractivity contribution in [3.05, 3.63) is 53.5 Å². The molecule has 6 heteroatoms. The van der Waals surface area contributed by atoms with Crippen LogP contribution in [0.3, 0.4) is 0 Å². The van der Waals surface area contributed by atoms with Gasteiger partial charge in [-0.05, 0) is 29.9 Å². The summed E-state index contributed by atoms with van der Waals surface area (Å²) >= 11 is 0. The summed E-state index contributed by atoms with van der Waals surface area (Å²) in [4.78, 5) is 19.9. The minimum absolute atomic E-state index is 0.00174. The number of benzene rings is 1. The molecule has 6 nitrogen and oxygen atoms in total. The molecule has 0 spiro atoms. The van der Waals surface area contributed by atoms with Crippen molar-refractivity contribution in [1.82, 2.24) is 15.3 Å². The van der Waals surface area contributed by atoms with Crippen molar-refractivity contribution in [2.45, 2.75) is 25.2 Å². The predicted molar refractivity (Wildman–Crippen MR) is 90.4 cm³/mol. The summed E-state index contributed by atoms with van der Waals surface area (Å²) in [5.41, 5.74) is 2.69. The van der Waals surface area contributed by atoms with Gasteiger partial charge in [-0.1, -0.05) is 24.3 Å². The summed E-state index contributed by atoms with van der Waals surface area (Å²) in [6.07, 6.45) is 5.88. The van der Waals surface area contributed by atoms with Crippen LogP contribution in [-0.4, -0.2) is 29.0 Å². The second kappa shape index (κ2) is 7.55. The Morgan fingerprint density at radius 1 is 1.17 bits per heavy atom. The van der Waals surface area contributed by atoms with Crippen molar-refractivity contribution in [2.24, 2.45) is 0 Å². The molecule has 24 heavy (non-hydrogen) atoms. The summed E-state index contributed by atoms with van der Waals surface area (Å²) in [7, 11) is 0. The fourth-order valence-electron chi connectivity index (χ4n) is 2.44. The lowest BCUT2D eigenvalue weighted by atomic mass is 10.1. The fourth-order valence-corrected chi connectivity index (χ4v) is 2.44. The Labute approximate surface area is 140 Å². The Hall–Kier alpha value is -2.94. The van der Waals surface area contributed by atoms with Gasteiger partial charge in [0, 0.05) is 13.1 Å². The standard InChI is InChI=1S/C18H19N5O/c19-10-16-11-23-17(12-22-16)20-7-8-21-18(24)9-13-1-3-14(4-2-13)15-5-6-15/h1-4,11-12,15H,5-9H2,(H,20,23)(H,21,24). The van der Waals surface area contributed by atoms with Crippen LogP contribution >= 0.6 is 0 Å². The van der Waals surface area contributed by atoms with Crippen LogP contribution in [0.5, 0.6) is 0 Å². The highest BCUT2D eigenvalue weighted by atomic mass is 16.1. The molecular formula is C18H19N5O. The molecule has 1 amide bonds. The Balaban J connectivity index is 1.36. The average molecular weight is 321 g/mol. The van der Waals surface area contributed by atoms with E-state index in [1.165, 1.54) is 30.8 Å². The molecule has 2 aromatic rings. The van der Waals surface area contributed by atoms with E-state index in [0.29, 0.717) is 25.3 Å². The predicted octanol–water partition coefficient (Wildman–Crippen LogP) is 2.00. The Bertz CT molecular complexity index is 729. The number of amides is 1. The van der Waals surface area contributed by atoms with E-state index in [-0.39, 0.29) is 11.6 Å². The molecule has 1 aromatic carbocycles. The minimum atomic E-state index is 0.00174. The van der Waals surface area contributed by atoms with E-state index < -0.39 is 0 Å². The van der Waals surface area contributed by atoms with E-state index in [1.807, 2.05) is 18.2 Å². The second-order valence-electron chi connectivity index (χ2n) is 5.87. The molecule has 1 aliphatic rings. The van der Waals surface area contributed by atoms with Crippen molar-refractivity contribution >= 4 is 11.7 Å². The topological polar surface area (TPSA) is 90.7 Å². The largest absolute Gasteiger partial charge is 0.367 e. The van der Waals surface area contributed by atoms with Crippen LogP contribution in [-0.2, 0) is 11.2 Å². The number of hydrogen-bond acceptors (Lipinski definition) is 5. The molecule has 0 aliphatic heterocycles. The summed E-state index contributed by atoms with van der Waals surface area (Å²) in [6.45, 7) is 1.05. The first-order valence-electron chi connectivity index (χ1n) is 8.06. The van der Waals surface area contributed by atoms with E-state index in [0.717, 1.165) is 11.5 Å². The number of hydrogen-bond donors (Lipinski definition) is 2. The number of nitrogens with one attached hydrogen (secondary N) is 2. The van der Waals surface area contributed by atoms with Crippen LogP contribution in [0.1, 0.15) is 35.6 Å². The fraction of sp³-hybridized carbons (Fsp3) is 0.333. The molecular weight excluding hydrogens is 302 g/mol. The van der Waals surface area contributed by atoms with Crippen molar-refractivity contribution in [1.29, 1.82) is 5.26 Å². The van der Waals surface area contributed by atoms with Crippen LogP contribution in [0.2, 0.25) is 0 Å².